The Hall–Kier alpha value is 0.0584. The van der Waals surface area contributed by atoms with Crippen LogP contribution in [-0.2, 0) is 11.0 Å². The van der Waals surface area contributed by atoms with Crippen LogP contribution in [0.5, 0.6) is 0 Å². The van der Waals surface area contributed by atoms with Crippen LogP contribution in [0.3, 0.4) is 0 Å². The Balaban J connectivity index is 2.52. The van der Waals surface area contributed by atoms with Gasteiger partial charge in [0.1, 0.15) is 0 Å². The van der Waals surface area contributed by atoms with Gasteiger partial charge in [0.05, 0.1) is 0 Å². The predicted octanol–water partition coefficient (Wildman–Crippen LogP) is 2.78. The van der Waals surface area contributed by atoms with Gasteiger partial charge in [0.15, 0.2) is 0 Å². The molecule has 1 nitrogen and oxygen atoms in total. The first kappa shape index (κ1) is 12.1. The molecule has 1 rings (SSSR count). The SMILES string of the molecule is CC(C)(C)SCc1ccc(C[As])cn1. The van der Waals surface area contributed by atoms with Crippen molar-refractivity contribution in [3.63, 3.8) is 0 Å². The number of aromatic nitrogens is 1. The minimum absolute atomic E-state index is 0.321. The monoisotopic (exact) mass is 269 g/mol. The summed E-state index contributed by atoms with van der Waals surface area (Å²) >= 11 is 4.51. The number of nitrogens with zero attached hydrogens (tertiary/aromatic N) is 1. The third-order valence-corrected chi connectivity index (χ3v) is 3.79. The van der Waals surface area contributed by atoms with Gasteiger partial charge in [-0.2, -0.15) is 0 Å². The molecule has 0 atom stereocenters. The molecule has 1 heterocycles. The van der Waals surface area contributed by atoms with Crippen LogP contribution in [0.25, 0.3) is 0 Å². The minimum atomic E-state index is 0.321. The van der Waals surface area contributed by atoms with Crippen molar-refractivity contribution in [2.45, 2.75) is 36.5 Å². The van der Waals surface area contributed by atoms with Gasteiger partial charge in [0.2, 0.25) is 0 Å². The molecule has 0 amide bonds. The van der Waals surface area contributed by atoms with E-state index in [2.05, 4.69) is 54.7 Å². The number of thioether (sulfide) groups is 1. The zero-order valence-corrected chi connectivity index (χ0v) is 11.6. The van der Waals surface area contributed by atoms with Crippen LogP contribution in [0.4, 0.5) is 0 Å². The quantitative estimate of drug-likeness (QED) is 0.783. The Kier molecular flexibility index (Phi) is 4.53. The summed E-state index contributed by atoms with van der Waals surface area (Å²) in [7, 11) is 0. The van der Waals surface area contributed by atoms with E-state index in [9.17, 15) is 0 Å². The third-order valence-electron chi connectivity index (χ3n) is 1.72. The van der Waals surface area contributed by atoms with E-state index >= 15 is 0 Å². The molecule has 0 bridgehead atoms. The molecule has 0 aliphatic rings. The van der Waals surface area contributed by atoms with Crippen LogP contribution >= 0.6 is 11.8 Å². The van der Waals surface area contributed by atoms with Gasteiger partial charge >= 0.3 is 99.7 Å². The maximum absolute atomic E-state index is 4.42. The van der Waals surface area contributed by atoms with Gasteiger partial charge in [0, 0.05) is 0 Å². The fourth-order valence-electron chi connectivity index (χ4n) is 0.924. The molecule has 14 heavy (non-hydrogen) atoms. The van der Waals surface area contributed by atoms with Crippen molar-refractivity contribution in [1.29, 1.82) is 0 Å². The topological polar surface area (TPSA) is 12.9 Å². The number of hydrogen-bond acceptors (Lipinski definition) is 2. The van der Waals surface area contributed by atoms with E-state index in [-0.39, 0.29) is 0 Å². The van der Waals surface area contributed by atoms with E-state index in [1.54, 1.807) is 0 Å². The Morgan fingerprint density at radius 1 is 1.36 bits per heavy atom. The molecule has 1 aromatic rings. The Morgan fingerprint density at radius 2 is 2.07 bits per heavy atom. The zero-order chi connectivity index (χ0) is 10.6. The molecule has 0 unspecified atom stereocenters. The van der Waals surface area contributed by atoms with Gasteiger partial charge in [-0.1, -0.05) is 0 Å². The molecular weight excluding hydrogens is 253 g/mol. The van der Waals surface area contributed by atoms with Crippen molar-refractivity contribution in [2.75, 3.05) is 0 Å². The van der Waals surface area contributed by atoms with Gasteiger partial charge in [0.25, 0.3) is 0 Å². The van der Waals surface area contributed by atoms with Gasteiger partial charge < -0.3 is 0 Å². The molecule has 0 aliphatic carbocycles. The second-order valence-corrected chi connectivity index (χ2v) is 6.68. The number of pyridine rings is 1. The number of rotatable bonds is 3. The summed E-state index contributed by atoms with van der Waals surface area (Å²) in [6.45, 7) is 6.70. The molecule has 3 heteroatoms. The maximum atomic E-state index is 4.42. The Morgan fingerprint density at radius 3 is 2.50 bits per heavy atom. The molecule has 0 N–H and O–H groups in total. The van der Waals surface area contributed by atoms with Crippen LogP contribution in [0.1, 0.15) is 32.0 Å². The summed E-state index contributed by atoms with van der Waals surface area (Å²) in [5.74, 6) is 1.00. The average Bonchev–Trinajstić information content (AvgIpc) is 2.14. The van der Waals surface area contributed by atoms with Crippen molar-refractivity contribution < 1.29 is 0 Å². The van der Waals surface area contributed by atoms with Crippen molar-refractivity contribution in [1.82, 2.24) is 4.98 Å². The summed E-state index contributed by atoms with van der Waals surface area (Å²) in [6.07, 6.45) is 1.97. The molecule has 0 aromatic carbocycles. The zero-order valence-electron chi connectivity index (χ0n) is 8.95. The molecule has 0 spiro atoms. The van der Waals surface area contributed by atoms with E-state index in [1.807, 2.05) is 18.0 Å². The normalized spacial score (nSPS) is 11.7. The van der Waals surface area contributed by atoms with Gasteiger partial charge in [-0.3, -0.25) is 0 Å². The summed E-state index contributed by atoms with van der Waals surface area (Å²) in [6, 6.07) is 4.28. The molecule has 0 saturated carbocycles. The molecule has 0 saturated heterocycles. The van der Waals surface area contributed by atoms with Gasteiger partial charge in [-0.15, -0.1) is 0 Å². The van der Waals surface area contributed by atoms with Gasteiger partial charge in [-0.05, 0) is 0 Å². The van der Waals surface area contributed by atoms with E-state index in [0.717, 1.165) is 11.0 Å². The molecule has 1 aromatic heterocycles. The van der Waals surface area contributed by atoms with Crippen molar-refractivity contribution in [2.24, 2.45) is 0 Å². The summed E-state index contributed by atoms with van der Waals surface area (Å²) in [5, 5.41) is 1.01. The summed E-state index contributed by atoms with van der Waals surface area (Å²) in [4.78, 5) is 4.42. The first-order valence-corrected chi connectivity index (χ1v) is 7.01. The molecule has 2 radical (unpaired) electrons. The van der Waals surface area contributed by atoms with E-state index in [1.165, 1.54) is 11.3 Å². The molecule has 76 valence electrons. The average molecular weight is 269 g/mol. The third kappa shape index (κ3) is 4.52. The van der Waals surface area contributed by atoms with E-state index in [0.29, 0.717) is 4.75 Å². The first-order chi connectivity index (χ1) is 6.51. The van der Waals surface area contributed by atoms with E-state index < -0.39 is 0 Å². The molecule has 0 fully saturated rings. The van der Waals surface area contributed by atoms with Crippen LogP contribution < -0.4 is 0 Å². The summed E-state index contributed by atoms with van der Waals surface area (Å²) < 4.78 is 0.321. The number of hydrogen-bond donors (Lipinski definition) is 0. The van der Waals surface area contributed by atoms with Crippen molar-refractivity contribution in [3.8, 4) is 0 Å². The molecule has 0 aliphatic heterocycles. The first-order valence-electron chi connectivity index (χ1n) is 4.70. The fourth-order valence-corrected chi connectivity index (χ4v) is 2.07. The second-order valence-electron chi connectivity index (χ2n) is 4.22. The standard InChI is InChI=1S/C11H16AsNS/c1-11(2,3)14-8-10-5-4-9(6-12)7-13-10/h4-5,7H,6,8H2,1-3H3. The van der Waals surface area contributed by atoms with Gasteiger partial charge in [-0.25, -0.2) is 0 Å². The second kappa shape index (κ2) is 5.23. The fraction of sp³-hybridized carbons (Fsp3) is 0.545. The van der Waals surface area contributed by atoms with Crippen LogP contribution in [0.2, 0.25) is 0 Å². The van der Waals surface area contributed by atoms with Crippen molar-refractivity contribution in [3.05, 3.63) is 29.6 Å². The molecular formula is C11H16AsNS. The Bertz CT molecular complexity index is 276. The van der Waals surface area contributed by atoms with Crippen LogP contribution in [-0.4, -0.2) is 26.6 Å². The van der Waals surface area contributed by atoms with Crippen LogP contribution in [0.15, 0.2) is 18.3 Å². The predicted molar refractivity (Wildman–Crippen MR) is 64.7 cm³/mol. The Labute approximate surface area is 99.6 Å². The van der Waals surface area contributed by atoms with E-state index in [4.69, 9.17) is 0 Å². The summed E-state index contributed by atoms with van der Waals surface area (Å²) in [5.41, 5.74) is 2.46. The van der Waals surface area contributed by atoms with Crippen LogP contribution in [0, 0.1) is 0 Å². The van der Waals surface area contributed by atoms with Crippen molar-refractivity contribution >= 4 is 28.6 Å².